The normalized spacial score (nSPS) is 18.3. The average molecular weight is 404 g/mol. The Hall–Kier alpha value is -2.04. The number of sulfonamides is 1. The maximum Gasteiger partial charge on any atom is 0.418 e. The lowest BCUT2D eigenvalue weighted by Crippen LogP contribution is -2.26. The van der Waals surface area contributed by atoms with Gasteiger partial charge in [0, 0.05) is 19.3 Å². The molecular weight excluding hydrogens is 385 g/mol. The number of benzene rings is 1. The van der Waals surface area contributed by atoms with Gasteiger partial charge in [0.1, 0.15) is 18.1 Å². The number of alkyl halides is 3. The maximum atomic E-state index is 13.6. The highest BCUT2D eigenvalue weighted by molar-refractivity contribution is 7.89. The van der Waals surface area contributed by atoms with Crippen molar-refractivity contribution in [2.45, 2.75) is 36.6 Å². The van der Waals surface area contributed by atoms with Crippen LogP contribution in [0.15, 0.2) is 39.6 Å². The van der Waals surface area contributed by atoms with Crippen molar-refractivity contribution in [1.82, 2.24) is 0 Å². The van der Waals surface area contributed by atoms with Gasteiger partial charge in [0.05, 0.1) is 16.5 Å². The van der Waals surface area contributed by atoms with Crippen molar-refractivity contribution >= 4 is 15.7 Å². The quantitative estimate of drug-likeness (QED) is 0.825. The summed E-state index contributed by atoms with van der Waals surface area (Å²) >= 11 is 0. The van der Waals surface area contributed by atoms with E-state index in [1.165, 1.54) is 7.11 Å². The van der Waals surface area contributed by atoms with Gasteiger partial charge in [0.25, 0.3) is 0 Å². The fourth-order valence-corrected chi connectivity index (χ4v) is 3.85. The van der Waals surface area contributed by atoms with E-state index >= 15 is 0 Å². The lowest BCUT2D eigenvalue weighted by molar-refractivity contribution is -0.137. The molecule has 1 saturated heterocycles. The van der Waals surface area contributed by atoms with Crippen LogP contribution in [0.3, 0.4) is 0 Å². The second-order valence-electron chi connectivity index (χ2n) is 6.31. The third-order valence-corrected chi connectivity index (χ3v) is 5.37. The van der Waals surface area contributed by atoms with Gasteiger partial charge < -0.3 is 14.1 Å². The minimum Gasteiger partial charge on any atom is -0.461 e. The van der Waals surface area contributed by atoms with Gasteiger partial charge in [-0.25, -0.2) is 13.6 Å². The number of nitrogens with zero attached hydrogens (tertiary/aromatic N) is 1. The highest BCUT2D eigenvalue weighted by Crippen LogP contribution is 2.44. The predicted molar refractivity (Wildman–Crippen MR) is 91.6 cm³/mol. The van der Waals surface area contributed by atoms with Gasteiger partial charge in [0.15, 0.2) is 0 Å². The molecule has 1 fully saturated rings. The topological polar surface area (TPSA) is 85.8 Å². The summed E-state index contributed by atoms with van der Waals surface area (Å²) in [6.45, 7) is 0.659. The van der Waals surface area contributed by atoms with Gasteiger partial charge in [0.2, 0.25) is 10.0 Å². The first-order chi connectivity index (χ1) is 12.6. The van der Waals surface area contributed by atoms with Crippen LogP contribution in [-0.4, -0.2) is 22.1 Å². The van der Waals surface area contributed by atoms with Crippen LogP contribution < -0.4 is 10.0 Å². The van der Waals surface area contributed by atoms with Crippen molar-refractivity contribution in [3.63, 3.8) is 0 Å². The predicted octanol–water partition coefficient (Wildman–Crippen LogP) is 3.43. The van der Waals surface area contributed by atoms with Gasteiger partial charge in [-0.2, -0.15) is 13.2 Å². The smallest absolute Gasteiger partial charge is 0.418 e. The van der Waals surface area contributed by atoms with Crippen LogP contribution in [-0.2, 0) is 27.5 Å². The van der Waals surface area contributed by atoms with Crippen LogP contribution in [0.5, 0.6) is 0 Å². The molecule has 1 atom stereocenters. The monoisotopic (exact) mass is 404 g/mol. The minimum absolute atomic E-state index is 0.0953. The van der Waals surface area contributed by atoms with E-state index in [1.54, 1.807) is 17.0 Å². The Kier molecular flexibility index (Phi) is 5.24. The molecule has 3 rings (SSSR count). The Bertz CT molecular complexity index is 925. The fourth-order valence-electron chi connectivity index (χ4n) is 3.31. The molecular formula is C17H19F3N2O4S. The molecule has 0 radical (unpaired) electrons. The molecule has 2 aromatic rings. The van der Waals surface area contributed by atoms with Crippen LogP contribution in [0.25, 0.3) is 0 Å². The number of methoxy groups -OCH3 is 1. The summed E-state index contributed by atoms with van der Waals surface area (Å²) in [5.41, 5.74) is -1.13. The molecule has 148 valence electrons. The summed E-state index contributed by atoms with van der Waals surface area (Å²) in [4.78, 5) is 1.01. The summed E-state index contributed by atoms with van der Waals surface area (Å²) in [6.07, 6.45) is -3.43. The number of hydrogen-bond acceptors (Lipinski definition) is 5. The second-order valence-corrected chi connectivity index (χ2v) is 7.87. The van der Waals surface area contributed by atoms with Crippen molar-refractivity contribution in [3.8, 4) is 0 Å². The summed E-state index contributed by atoms with van der Waals surface area (Å²) in [6, 6.07) is 5.90. The van der Waals surface area contributed by atoms with Crippen LogP contribution in [0.4, 0.5) is 18.9 Å². The molecule has 6 nitrogen and oxygen atoms in total. The Morgan fingerprint density at radius 2 is 2.04 bits per heavy atom. The van der Waals surface area contributed by atoms with E-state index in [0.29, 0.717) is 37.0 Å². The van der Waals surface area contributed by atoms with Crippen LogP contribution in [0, 0.1) is 0 Å². The fraction of sp³-hybridized carbons (Fsp3) is 0.412. The molecule has 1 aromatic heterocycles. The molecule has 0 bridgehead atoms. The molecule has 0 spiro atoms. The van der Waals surface area contributed by atoms with E-state index in [9.17, 15) is 21.6 Å². The summed E-state index contributed by atoms with van der Waals surface area (Å²) < 4.78 is 74.4. The Labute approximate surface area is 154 Å². The average Bonchev–Trinajstić information content (AvgIpc) is 3.21. The van der Waals surface area contributed by atoms with Gasteiger partial charge in [-0.3, -0.25) is 0 Å². The zero-order chi connectivity index (χ0) is 19.8. The van der Waals surface area contributed by atoms with E-state index in [0.717, 1.165) is 12.1 Å². The highest BCUT2D eigenvalue weighted by atomic mass is 32.2. The van der Waals surface area contributed by atoms with E-state index in [2.05, 4.69) is 0 Å². The van der Waals surface area contributed by atoms with Gasteiger partial charge in [-0.15, -0.1) is 0 Å². The van der Waals surface area contributed by atoms with Gasteiger partial charge in [-0.1, -0.05) is 0 Å². The van der Waals surface area contributed by atoms with E-state index in [1.807, 2.05) is 0 Å². The first-order valence-electron chi connectivity index (χ1n) is 8.19. The first-order valence-corrected chi connectivity index (χ1v) is 9.74. The van der Waals surface area contributed by atoms with Crippen molar-refractivity contribution in [2.24, 2.45) is 5.14 Å². The Balaban J connectivity index is 2.03. The van der Waals surface area contributed by atoms with Crippen molar-refractivity contribution in [1.29, 1.82) is 0 Å². The van der Waals surface area contributed by atoms with E-state index in [4.69, 9.17) is 14.3 Å². The summed E-state index contributed by atoms with van der Waals surface area (Å²) in [7, 11) is -2.72. The van der Waals surface area contributed by atoms with Gasteiger partial charge in [-0.05, 0) is 43.2 Å². The zero-order valence-electron chi connectivity index (χ0n) is 14.5. The number of anilines is 1. The van der Waals surface area contributed by atoms with Crippen molar-refractivity contribution in [2.75, 3.05) is 18.6 Å². The standard InChI is InChI=1S/C17H19F3N2O4S/c1-25-10-11-4-7-16(26-11)15-3-2-8-22(15)14-6-5-12(27(21,23)24)9-13(14)17(18,19)20/h4-7,9,15H,2-3,8,10H2,1H3,(H2,21,23,24). The van der Waals surface area contributed by atoms with Gasteiger partial charge >= 0.3 is 6.18 Å². The Morgan fingerprint density at radius 3 is 2.67 bits per heavy atom. The molecule has 0 amide bonds. The molecule has 10 heteroatoms. The molecule has 1 aliphatic heterocycles. The first kappa shape index (κ1) is 19.7. The van der Waals surface area contributed by atoms with Crippen LogP contribution in [0.1, 0.15) is 36.0 Å². The molecule has 1 aromatic carbocycles. The Morgan fingerprint density at radius 1 is 1.30 bits per heavy atom. The maximum absolute atomic E-state index is 13.6. The number of halogens is 3. The number of ether oxygens (including phenoxy) is 1. The lowest BCUT2D eigenvalue weighted by Gasteiger charge is -2.28. The molecule has 2 heterocycles. The molecule has 1 aliphatic rings. The zero-order valence-corrected chi connectivity index (χ0v) is 15.3. The van der Waals surface area contributed by atoms with Crippen molar-refractivity contribution < 1.29 is 30.7 Å². The summed E-state index contributed by atoms with van der Waals surface area (Å²) in [5, 5.41) is 4.99. The number of primary sulfonamides is 1. The number of nitrogens with two attached hydrogens (primary N) is 1. The third kappa shape index (κ3) is 4.12. The minimum atomic E-state index is -4.73. The molecule has 1 unspecified atom stereocenters. The van der Waals surface area contributed by atoms with Crippen LogP contribution >= 0.6 is 0 Å². The highest BCUT2D eigenvalue weighted by Gasteiger charge is 2.39. The largest absolute Gasteiger partial charge is 0.461 e. The van der Waals surface area contributed by atoms with Crippen LogP contribution in [0.2, 0.25) is 0 Å². The molecule has 0 saturated carbocycles. The van der Waals surface area contributed by atoms with E-state index in [-0.39, 0.29) is 18.3 Å². The number of furan rings is 1. The third-order valence-electron chi connectivity index (χ3n) is 4.46. The number of hydrogen-bond donors (Lipinski definition) is 1. The van der Waals surface area contributed by atoms with E-state index < -0.39 is 26.7 Å². The SMILES string of the molecule is COCc1ccc(C2CCCN2c2ccc(S(N)(=O)=O)cc2C(F)(F)F)o1. The molecule has 27 heavy (non-hydrogen) atoms. The lowest BCUT2D eigenvalue weighted by atomic mass is 10.1. The second kappa shape index (κ2) is 7.17. The summed E-state index contributed by atoms with van der Waals surface area (Å²) in [5.74, 6) is 1.13. The molecule has 0 aliphatic carbocycles. The molecule has 2 N–H and O–H groups in total. The number of rotatable bonds is 5. The van der Waals surface area contributed by atoms with Crippen molar-refractivity contribution in [3.05, 3.63) is 47.4 Å².